The van der Waals surface area contributed by atoms with E-state index in [1.807, 2.05) is 6.92 Å². The molecule has 0 radical (unpaired) electrons. The molecule has 2 rings (SSSR count). The first-order chi connectivity index (χ1) is 9.15. The molecular formula is C16H17ClFN. The van der Waals surface area contributed by atoms with Gasteiger partial charge in [-0.15, -0.1) is 11.6 Å². The van der Waals surface area contributed by atoms with Gasteiger partial charge in [0.2, 0.25) is 0 Å². The van der Waals surface area contributed by atoms with Crippen molar-refractivity contribution in [2.75, 3.05) is 11.4 Å². The van der Waals surface area contributed by atoms with Gasteiger partial charge in [0, 0.05) is 23.8 Å². The number of nitrogens with zero attached hydrogens (tertiary/aromatic N) is 1. The normalized spacial score (nSPS) is 10.5. The minimum absolute atomic E-state index is 0.221. The van der Waals surface area contributed by atoms with Crippen LogP contribution in [0, 0.1) is 12.7 Å². The fourth-order valence-corrected chi connectivity index (χ4v) is 2.41. The van der Waals surface area contributed by atoms with E-state index < -0.39 is 0 Å². The van der Waals surface area contributed by atoms with Crippen molar-refractivity contribution < 1.29 is 4.39 Å². The van der Waals surface area contributed by atoms with Crippen LogP contribution in [0.15, 0.2) is 42.5 Å². The average molecular weight is 278 g/mol. The Kier molecular flexibility index (Phi) is 4.43. The maximum absolute atomic E-state index is 13.0. The topological polar surface area (TPSA) is 3.24 Å². The van der Waals surface area contributed by atoms with E-state index in [2.05, 4.69) is 30.0 Å². The van der Waals surface area contributed by atoms with Gasteiger partial charge in [-0.3, -0.25) is 0 Å². The zero-order valence-corrected chi connectivity index (χ0v) is 11.9. The second-order valence-electron chi connectivity index (χ2n) is 4.49. The zero-order chi connectivity index (χ0) is 13.8. The Balaban J connectivity index is 2.44. The minimum Gasteiger partial charge on any atom is -0.342 e. The number of alkyl halides is 1. The first kappa shape index (κ1) is 13.9. The van der Waals surface area contributed by atoms with E-state index in [1.54, 1.807) is 12.1 Å². The van der Waals surface area contributed by atoms with Crippen molar-refractivity contribution in [1.29, 1.82) is 0 Å². The highest BCUT2D eigenvalue weighted by atomic mass is 35.5. The van der Waals surface area contributed by atoms with Crippen molar-refractivity contribution in [2.24, 2.45) is 0 Å². The molecule has 0 fully saturated rings. The van der Waals surface area contributed by atoms with Crippen LogP contribution >= 0.6 is 11.6 Å². The molecule has 100 valence electrons. The Bertz CT molecular complexity index is 551. The van der Waals surface area contributed by atoms with Gasteiger partial charge in [-0.25, -0.2) is 4.39 Å². The Morgan fingerprint density at radius 1 is 1.11 bits per heavy atom. The summed E-state index contributed by atoms with van der Waals surface area (Å²) >= 11 is 6.03. The van der Waals surface area contributed by atoms with Crippen molar-refractivity contribution in [3.8, 4) is 0 Å². The third kappa shape index (κ3) is 3.07. The summed E-state index contributed by atoms with van der Waals surface area (Å²) in [6.45, 7) is 4.92. The maximum Gasteiger partial charge on any atom is 0.123 e. The molecule has 0 unspecified atom stereocenters. The van der Waals surface area contributed by atoms with Crippen LogP contribution in [0.1, 0.15) is 18.1 Å². The van der Waals surface area contributed by atoms with Gasteiger partial charge in [0.15, 0.2) is 0 Å². The quantitative estimate of drug-likeness (QED) is 0.709. The van der Waals surface area contributed by atoms with E-state index in [0.29, 0.717) is 5.88 Å². The SMILES string of the molecule is CCN(c1ccc(F)cc1)c1ccc(C)cc1CCl. The Hall–Kier alpha value is -1.54. The first-order valence-electron chi connectivity index (χ1n) is 6.34. The van der Waals surface area contributed by atoms with Crippen molar-refractivity contribution in [1.82, 2.24) is 0 Å². The lowest BCUT2D eigenvalue weighted by Crippen LogP contribution is -2.17. The summed E-state index contributed by atoms with van der Waals surface area (Å²) in [5, 5.41) is 0. The summed E-state index contributed by atoms with van der Waals surface area (Å²) in [6.07, 6.45) is 0. The largest absolute Gasteiger partial charge is 0.342 e. The molecule has 0 spiro atoms. The van der Waals surface area contributed by atoms with E-state index in [4.69, 9.17) is 11.6 Å². The number of rotatable bonds is 4. The van der Waals surface area contributed by atoms with E-state index in [0.717, 1.165) is 23.5 Å². The van der Waals surface area contributed by atoms with Crippen LogP contribution in [-0.2, 0) is 5.88 Å². The van der Waals surface area contributed by atoms with Crippen LogP contribution in [0.5, 0.6) is 0 Å². The van der Waals surface area contributed by atoms with E-state index >= 15 is 0 Å². The Morgan fingerprint density at radius 3 is 2.37 bits per heavy atom. The van der Waals surface area contributed by atoms with Crippen molar-refractivity contribution in [3.63, 3.8) is 0 Å². The Morgan fingerprint density at radius 2 is 1.79 bits per heavy atom. The second kappa shape index (κ2) is 6.07. The molecule has 3 heteroatoms. The lowest BCUT2D eigenvalue weighted by molar-refractivity contribution is 0.628. The molecule has 0 heterocycles. The number of halogens is 2. The standard InChI is InChI=1S/C16H17ClFN/c1-3-19(15-7-5-14(18)6-8-15)16-9-4-12(2)10-13(16)11-17/h4-10H,3,11H2,1-2H3. The summed E-state index contributed by atoms with van der Waals surface area (Å²) in [4.78, 5) is 2.14. The van der Waals surface area contributed by atoms with Gasteiger partial charge in [0.05, 0.1) is 0 Å². The lowest BCUT2D eigenvalue weighted by atomic mass is 10.1. The monoisotopic (exact) mass is 277 g/mol. The molecule has 0 saturated carbocycles. The number of hydrogen-bond donors (Lipinski definition) is 0. The zero-order valence-electron chi connectivity index (χ0n) is 11.2. The maximum atomic E-state index is 13.0. The molecule has 0 bridgehead atoms. The lowest BCUT2D eigenvalue weighted by Gasteiger charge is -2.25. The smallest absolute Gasteiger partial charge is 0.123 e. The van der Waals surface area contributed by atoms with Gasteiger partial charge in [0.25, 0.3) is 0 Å². The number of anilines is 2. The number of hydrogen-bond acceptors (Lipinski definition) is 1. The first-order valence-corrected chi connectivity index (χ1v) is 6.87. The fourth-order valence-electron chi connectivity index (χ4n) is 2.20. The van der Waals surface area contributed by atoms with Gasteiger partial charge in [-0.2, -0.15) is 0 Å². The molecule has 0 N–H and O–H groups in total. The molecular weight excluding hydrogens is 261 g/mol. The molecule has 0 aliphatic heterocycles. The fraction of sp³-hybridized carbons (Fsp3) is 0.250. The summed E-state index contributed by atoms with van der Waals surface area (Å²) in [5.74, 6) is 0.246. The third-order valence-electron chi connectivity index (χ3n) is 3.12. The molecule has 1 nitrogen and oxygen atoms in total. The molecule has 19 heavy (non-hydrogen) atoms. The molecule has 2 aromatic carbocycles. The van der Waals surface area contributed by atoms with Crippen LogP contribution in [-0.4, -0.2) is 6.54 Å². The minimum atomic E-state index is -0.221. The average Bonchev–Trinajstić information content (AvgIpc) is 2.43. The highest BCUT2D eigenvalue weighted by Crippen LogP contribution is 2.30. The molecule has 0 saturated heterocycles. The van der Waals surface area contributed by atoms with Crippen LogP contribution in [0.2, 0.25) is 0 Å². The van der Waals surface area contributed by atoms with Crippen molar-refractivity contribution in [3.05, 3.63) is 59.4 Å². The van der Waals surface area contributed by atoms with Gasteiger partial charge in [-0.05, 0) is 49.7 Å². The van der Waals surface area contributed by atoms with Gasteiger partial charge < -0.3 is 4.90 Å². The van der Waals surface area contributed by atoms with E-state index in [9.17, 15) is 4.39 Å². The number of aryl methyl sites for hydroxylation is 1. The van der Waals surface area contributed by atoms with Crippen molar-refractivity contribution >= 4 is 23.0 Å². The summed E-state index contributed by atoms with van der Waals surface area (Å²) in [7, 11) is 0. The van der Waals surface area contributed by atoms with Crippen LogP contribution in [0.25, 0.3) is 0 Å². The van der Waals surface area contributed by atoms with Crippen LogP contribution in [0.4, 0.5) is 15.8 Å². The number of benzene rings is 2. The predicted octanol–water partition coefficient (Wildman–Crippen LogP) is 5.03. The van der Waals surface area contributed by atoms with Gasteiger partial charge in [0.1, 0.15) is 5.82 Å². The summed E-state index contributed by atoms with van der Waals surface area (Å²) in [6, 6.07) is 12.8. The Labute approximate surface area is 118 Å². The molecule has 0 atom stereocenters. The van der Waals surface area contributed by atoms with Gasteiger partial charge in [-0.1, -0.05) is 17.7 Å². The summed E-state index contributed by atoms with van der Waals surface area (Å²) in [5.41, 5.74) is 4.33. The van der Waals surface area contributed by atoms with Gasteiger partial charge >= 0.3 is 0 Å². The van der Waals surface area contributed by atoms with E-state index in [-0.39, 0.29) is 5.82 Å². The molecule has 0 aliphatic rings. The van der Waals surface area contributed by atoms with Crippen LogP contribution in [0.3, 0.4) is 0 Å². The molecule has 0 amide bonds. The van der Waals surface area contributed by atoms with E-state index in [1.165, 1.54) is 17.7 Å². The molecule has 0 aliphatic carbocycles. The van der Waals surface area contributed by atoms with Crippen molar-refractivity contribution in [2.45, 2.75) is 19.7 Å². The summed E-state index contributed by atoms with van der Waals surface area (Å²) < 4.78 is 13.0. The highest BCUT2D eigenvalue weighted by Gasteiger charge is 2.11. The molecule has 0 aromatic heterocycles. The highest BCUT2D eigenvalue weighted by molar-refractivity contribution is 6.17. The molecule has 2 aromatic rings. The van der Waals surface area contributed by atoms with Crippen LogP contribution < -0.4 is 4.90 Å². The second-order valence-corrected chi connectivity index (χ2v) is 4.75. The third-order valence-corrected chi connectivity index (χ3v) is 3.41. The predicted molar refractivity (Wildman–Crippen MR) is 79.8 cm³/mol.